The Labute approximate surface area is 125 Å². The second-order valence-electron chi connectivity index (χ2n) is 4.36. The lowest BCUT2D eigenvalue weighted by Crippen LogP contribution is -2.16. The number of fused-ring (bicyclic) bond motifs is 1. The second-order valence-corrected chi connectivity index (χ2v) is 6.83. The third-order valence-corrected chi connectivity index (χ3v) is 4.93. The molecule has 0 aliphatic carbocycles. The summed E-state index contributed by atoms with van der Waals surface area (Å²) in [5.74, 6) is 0.348. The number of hydrogen-bond donors (Lipinski definition) is 2. The minimum Gasteiger partial charge on any atom is -0.368 e. The van der Waals surface area contributed by atoms with Crippen LogP contribution in [-0.2, 0) is 17.1 Å². The molecule has 10 heteroatoms. The van der Waals surface area contributed by atoms with Crippen molar-refractivity contribution in [1.82, 2.24) is 19.2 Å². The van der Waals surface area contributed by atoms with Gasteiger partial charge in [0.25, 0.3) is 10.0 Å². The fraction of sp³-hybridized carbons (Fsp3) is 0.273. The van der Waals surface area contributed by atoms with E-state index in [9.17, 15) is 8.42 Å². The molecule has 0 bridgehead atoms. The van der Waals surface area contributed by atoms with Gasteiger partial charge in [-0.15, -0.1) is 11.3 Å². The zero-order chi connectivity index (χ0) is 15.0. The maximum absolute atomic E-state index is 12.6. The first kappa shape index (κ1) is 13.9. The molecule has 0 saturated heterocycles. The van der Waals surface area contributed by atoms with Crippen LogP contribution >= 0.6 is 11.3 Å². The van der Waals surface area contributed by atoms with Crippen molar-refractivity contribution in [2.45, 2.75) is 11.9 Å². The molecular formula is C11H14N6O2S2. The molecule has 0 aliphatic rings. The SMILES string of the molecule is CCNc1nc2sccn2c1S(=O)(=O)Nc1cnn(C)c1. The molecule has 21 heavy (non-hydrogen) atoms. The Morgan fingerprint density at radius 1 is 1.43 bits per heavy atom. The molecule has 3 heterocycles. The summed E-state index contributed by atoms with van der Waals surface area (Å²) >= 11 is 1.38. The lowest BCUT2D eigenvalue weighted by molar-refractivity contribution is 0.597. The molecule has 0 aromatic carbocycles. The van der Waals surface area contributed by atoms with Crippen LogP contribution in [-0.4, -0.2) is 34.1 Å². The predicted molar refractivity (Wildman–Crippen MR) is 81.2 cm³/mol. The molecule has 8 nitrogen and oxygen atoms in total. The van der Waals surface area contributed by atoms with Gasteiger partial charge in [-0.25, -0.2) is 4.98 Å². The van der Waals surface area contributed by atoms with Gasteiger partial charge in [-0.05, 0) is 6.92 Å². The van der Waals surface area contributed by atoms with E-state index in [0.717, 1.165) is 0 Å². The standard InChI is InChI=1S/C11H14N6O2S2/c1-3-12-9-10(17-4-5-20-11(17)14-9)21(18,19)15-8-6-13-16(2)7-8/h4-7,12,15H,3H2,1-2H3. The molecule has 3 rings (SSSR count). The minimum atomic E-state index is -3.76. The van der Waals surface area contributed by atoms with Gasteiger partial charge in [0.15, 0.2) is 10.8 Å². The van der Waals surface area contributed by atoms with Crippen LogP contribution in [0.1, 0.15) is 6.92 Å². The maximum Gasteiger partial charge on any atom is 0.281 e. The van der Waals surface area contributed by atoms with Crippen molar-refractivity contribution in [2.75, 3.05) is 16.6 Å². The van der Waals surface area contributed by atoms with Gasteiger partial charge in [0.1, 0.15) is 0 Å². The molecule has 0 atom stereocenters. The van der Waals surface area contributed by atoms with Crippen LogP contribution in [0.3, 0.4) is 0 Å². The highest BCUT2D eigenvalue weighted by Crippen LogP contribution is 2.27. The molecule has 3 aromatic heterocycles. The summed E-state index contributed by atoms with van der Waals surface area (Å²) in [5, 5.41) is 8.82. The van der Waals surface area contributed by atoms with E-state index in [2.05, 4.69) is 20.1 Å². The van der Waals surface area contributed by atoms with Crippen molar-refractivity contribution >= 4 is 37.8 Å². The van der Waals surface area contributed by atoms with Gasteiger partial charge in [0, 0.05) is 31.4 Å². The van der Waals surface area contributed by atoms with E-state index in [1.807, 2.05) is 6.92 Å². The molecule has 0 aliphatic heterocycles. The summed E-state index contributed by atoms with van der Waals surface area (Å²) in [6.45, 7) is 2.47. The number of rotatable bonds is 5. The monoisotopic (exact) mass is 326 g/mol. The Kier molecular flexibility index (Phi) is 3.33. The average molecular weight is 326 g/mol. The quantitative estimate of drug-likeness (QED) is 0.738. The average Bonchev–Trinajstić information content (AvgIpc) is 3.05. The van der Waals surface area contributed by atoms with Crippen molar-refractivity contribution in [1.29, 1.82) is 0 Å². The van der Waals surface area contributed by atoms with Crippen LogP contribution in [0.5, 0.6) is 0 Å². The fourth-order valence-electron chi connectivity index (χ4n) is 1.98. The molecule has 0 spiro atoms. The van der Waals surface area contributed by atoms with Crippen LogP contribution in [0.2, 0.25) is 0 Å². The zero-order valence-corrected chi connectivity index (χ0v) is 13.1. The first-order valence-electron chi connectivity index (χ1n) is 6.22. The van der Waals surface area contributed by atoms with E-state index < -0.39 is 10.0 Å². The summed E-state index contributed by atoms with van der Waals surface area (Å²) in [6, 6.07) is 0. The third-order valence-electron chi connectivity index (χ3n) is 2.77. The van der Waals surface area contributed by atoms with E-state index in [1.54, 1.807) is 29.2 Å². The first-order valence-corrected chi connectivity index (χ1v) is 8.58. The molecular weight excluding hydrogens is 312 g/mol. The van der Waals surface area contributed by atoms with E-state index >= 15 is 0 Å². The van der Waals surface area contributed by atoms with Gasteiger partial charge in [0.05, 0.1) is 11.9 Å². The molecule has 112 valence electrons. The zero-order valence-electron chi connectivity index (χ0n) is 11.4. The van der Waals surface area contributed by atoms with E-state index in [-0.39, 0.29) is 5.03 Å². The highest BCUT2D eigenvalue weighted by Gasteiger charge is 2.26. The van der Waals surface area contributed by atoms with Crippen molar-refractivity contribution < 1.29 is 8.42 Å². The van der Waals surface area contributed by atoms with Crippen LogP contribution in [0.4, 0.5) is 11.5 Å². The molecule has 0 fully saturated rings. The summed E-state index contributed by atoms with van der Waals surface area (Å²) in [7, 11) is -2.04. The number of aromatic nitrogens is 4. The Morgan fingerprint density at radius 2 is 2.24 bits per heavy atom. The van der Waals surface area contributed by atoms with Crippen LogP contribution in [0, 0.1) is 0 Å². The summed E-state index contributed by atoms with van der Waals surface area (Å²) < 4.78 is 30.9. The van der Waals surface area contributed by atoms with Gasteiger partial charge in [0.2, 0.25) is 5.03 Å². The number of hydrogen-bond acceptors (Lipinski definition) is 6. The molecule has 0 radical (unpaired) electrons. The van der Waals surface area contributed by atoms with Gasteiger partial charge in [-0.1, -0.05) is 0 Å². The van der Waals surface area contributed by atoms with Gasteiger partial charge in [-0.3, -0.25) is 13.8 Å². The molecule has 0 unspecified atom stereocenters. The summed E-state index contributed by atoms with van der Waals surface area (Å²) in [6.07, 6.45) is 4.73. The van der Waals surface area contributed by atoms with Crippen molar-refractivity contribution in [3.63, 3.8) is 0 Å². The van der Waals surface area contributed by atoms with Crippen LogP contribution in [0.25, 0.3) is 4.96 Å². The lowest BCUT2D eigenvalue weighted by atomic mass is 10.6. The molecule has 3 aromatic rings. The Hall–Kier alpha value is -2.07. The minimum absolute atomic E-state index is 0.101. The number of aryl methyl sites for hydroxylation is 1. The van der Waals surface area contributed by atoms with E-state index in [4.69, 9.17) is 0 Å². The first-order chi connectivity index (χ1) is 10.0. The van der Waals surface area contributed by atoms with Crippen molar-refractivity contribution in [3.05, 3.63) is 24.0 Å². The van der Waals surface area contributed by atoms with Gasteiger partial charge < -0.3 is 5.32 Å². The highest BCUT2D eigenvalue weighted by atomic mass is 32.2. The number of sulfonamides is 1. The largest absolute Gasteiger partial charge is 0.368 e. The summed E-state index contributed by atoms with van der Waals surface area (Å²) in [4.78, 5) is 4.93. The van der Waals surface area contributed by atoms with E-state index in [1.165, 1.54) is 22.2 Å². The number of anilines is 2. The predicted octanol–water partition coefficient (Wildman–Crippen LogP) is 1.36. The molecule has 0 saturated carbocycles. The van der Waals surface area contributed by atoms with Crippen molar-refractivity contribution in [3.8, 4) is 0 Å². The number of nitrogens with zero attached hydrogens (tertiary/aromatic N) is 4. The topological polar surface area (TPSA) is 93.3 Å². The van der Waals surface area contributed by atoms with Gasteiger partial charge >= 0.3 is 0 Å². The summed E-state index contributed by atoms with van der Waals surface area (Å²) in [5.41, 5.74) is 0.408. The van der Waals surface area contributed by atoms with Crippen LogP contribution < -0.4 is 10.0 Å². The molecule has 2 N–H and O–H groups in total. The van der Waals surface area contributed by atoms with Gasteiger partial charge in [-0.2, -0.15) is 13.5 Å². The normalized spacial score (nSPS) is 11.9. The Balaban J connectivity index is 2.08. The number of imidazole rings is 1. The maximum atomic E-state index is 12.6. The van der Waals surface area contributed by atoms with Crippen LogP contribution in [0.15, 0.2) is 29.0 Å². The number of thiazole rings is 1. The fourth-order valence-corrected chi connectivity index (χ4v) is 4.04. The lowest BCUT2D eigenvalue weighted by Gasteiger charge is -2.07. The molecule has 0 amide bonds. The Bertz CT molecular complexity index is 876. The van der Waals surface area contributed by atoms with Crippen molar-refractivity contribution in [2.24, 2.45) is 7.05 Å². The van der Waals surface area contributed by atoms with E-state index in [0.29, 0.717) is 23.0 Å². The number of nitrogens with one attached hydrogen (secondary N) is 2. The highest BCUT2D eigenvalue weighted by molar-refractivity contribution is 7.92. The Morgan fingerprint density at radius 3 is 2.90 bits per heavy atom. The smallest absolute Gasteiger partial charge is 0.281 e. The third kappa shape index (κ3) is 2.47. The second kappa shape index (κ2) is 5.04.